The monoisotopic (exact) mass is 824 g/mol. The summed E-state index contributed by atoms with van der Waals surface area (Å²) in [5, 5.41) is 24.6. The third-order valence-corrected chi connectivity index (χ3v) is 11.8. The Hall–Kier alpha value is -3.93. The first-order chi connectivity index (χ1) is 26.9. The zero-order valence-corrected chi connectivity index (χ0v) is 32.4. The number of anilines is 2. The molecule has 57 heavy (non-hydrogen) atoms. The lowest BCUT2D eigenvalue weighted by Gasteiger charge is -2.42. The molecule has 3 aliphatic heterocycles. The molecule has 19 heteroatoms. The van der Waals surface area contributed by atoms with Crippen LogP contribution in [-0.4, -0.2) is 124 Å². The predicted molar refractivity (Wildman–Crippen MR) is 201 cm³/mol. The number of piperidine rings is 1. The number of thiocarbonyl (C=S) groups is 1. The van der Waals surface area contributed by atoms with Gasteiger partial charge in [0.2, 0.25) is 5.91 Å². The van der Waals surface area contributed by atoms with Crippen LogP contribution in [0.2, 0.25) is 0 Å². The molecule has 6 rings (SSSR count). The second kappa shape index (κ2) is 17.1. The summed E-state index contributed by atoms with van der Waals surface area (Å²) in [5.74, 6) is -0.838. The fourth-order valence-electron chi connectivity index (χ4n) is 8.28. The Balaban J connectivity index is 0.966. The normalized spacial score (nSPS) is 26.4. The number of aliphatic hydroxyl groups is 1. The van der Waals surface area contributed by atoms with Gasteiger partial charge in [0.05, 0.1) is 36.7 Å². The summed E-state index contributed by atoms with van der Waals surface area (Å²) < 4.78 is 89.8. The number of alkyl halides is 6. The average Bonchev–Trinajstić information content (AvgIpc) is 3.34. The maximum absolute atomic E-state index is 14.2. The van der Waals surface area contributed by atoms with E-state index in [0.29, 0.717) is 56.9 Å². The lowest BCUT2D eigenvalue weighted by Crippen LogP contribution is -2.60. The first kappa shape index (κ1) is 42.7. The predicted octanol–water partition coefficient (Wildman–Crippen LogP) is 4.98. The van der Waals surface area contributed by atoms with Crippen molar-refractivity contribution in [2.75, 3.05) is 56.1 Å². The van der Waals surface area contributed by atoms with E-state index in [4.69, 9.17) is 22.2 Å². The van der Waals surface area contributed by atoms with E-state index in [1.807, 2.05) is 12.1 Å². The molecule has 0 spiro atoms. The molecule has 0 bridgehead atoms. The average molecular weight is 825 g/mol. The number of pyridine rings is 1. The van der Waals surface area contributed by atoms with Crippen molar-refractivity contribution in [2.45, 2.75) is 101 Å². The van der Waals surface area contributed by atoms with Crippen molar-refractivity contribution in [3.63, 3.8) is 0 Å². The molecule has 1 aromatic carbocycles. The van der Waals surface area contributed by atoms with Crippen LogP contribution >= 0.6 is 12.2 Å². The largest absolute Gasteiger partial charge is 0.419 e. The van der Waals surface area contributed by atoms with E-state index in [1.54, 1.807) is 35.8 Å². The van der Waals surface area contributed by atoms with Crippen LogP contribution in [-0.2, 0) is 20.5 Å². The van der Waals surface area contributed by atoms with Crippen LogP contribution in [0.15, 0.2) is 36.5 Å². The number of nitrogens with one attached hydrogen (secondary N) is 2. The number of nitriles is 1. The molecule has 3 atom stereocenters. The number of ether oxygens (including phenoxy) is 1. The first-order valence-electron chi connectivity index (χ1n) is 19.0. The van der Waals surface area contributed by atoms with E-state index in [1.165, 1.54) is 6.07 Å². The molecule has 1 saturated carbocycles. The summed E-state index contributed by atoms with van der Waals surface area (Å²) in [7, 11) is 0. The van der Waals surface area contributed by atoms with Gasteiger partial charge in [-0.15, -0.1) is 0 Å². The Kier molecular flexibility index (Phi) is 12.8. The van der Waals surface area contributed by atoms with Gasteiger partial charge in [-0.3, -0.25) is 29.6 Å². The molecule has 4 aliphatic rings. The SMILES string of the molecule is CC1(C)C(=O)N(c2cnc(C#N)c(C(F)(F)F)c2)C(=S)N1[C@H]1CC[C@H](OCCN2CCN(CC(=O)Nc3ccc(C4CCC(O)NC4)cc3)[C@@H](C(F)(F)F)C2)CC1. The topological polar surface area (TPSA) is 137 Å². The number of carbonyl (C=O) groups excluding carboxylic acids is 2. The molecule has 4 heterocycles. The van der Waals surface area contributed by atoms with Crippen molar-refractivity contribution in [1.29, 1.82) is 5.26 Å². The number of piperazine rings is 1. The Morgan fingerprint density at radius 2 is 1.79 bits per heavy atom. The van der Waals surface area contributed by atoms with Crippen molar-refractivity contribution >= 4 is 40.5 Å². The molecular formula is C38H46F6N8O4S. The Labute approximate surface area is 332 Å². The van der Waals surface area contributed by atoms with Gasteiger partial charge in [-0.25, -0.2) is 4.98 Å². The van der Waals surface area contributed by atoms with Crippen molar-refractivity contribution in [3.05, 3.63) is 53.3 Å². The van der Waals surface area contributed by atoms with Gasteiger partial charge >= 0.3 is 12.4 Å². The molecule has 2 amide bonds. The van der Waals surface area contributed by atoms with Gasteiger partial charge in [-0.1, -0.05) is 12.1 Å². The molecule has 3 N–H and O–H groups in total. The van der Waals surface area contributed by atoms with Gasteiger partial charge in [0.15, 0.2) is 10.8 Å². The van der Waals surface area contributed by atoms with E-state index in [-0.39, 0.29) is 55.1 Å². The molecule has 0 radical (unpaired) electrons. The molecule has 12 nitrogen and oxygen atoms in total. The molecule has 1 aromatic heterocycles. The van der Waals surface area contributed by atoms with Crippen LogP contribution in [0.1, 0.15) is 75.1 Å². The van der Waals surface area contributed by atoms with Crippen LogP contribution in [0.4, 0.5) is 37.7 Å². The minimum absolute atomic E-state index is 0.0362. The van der Waals surface area contributed by atoms with Gasteiger partial charge in [-0.05, 0) is 94.3 Å². The van der Waals surface area contributed by atoms with Crippen molar-refractivity contribution in [3.8, 4) is 6.07 Å². The van der Waals surface area contributed by atoms with Gasteiger partial charge in [0.25, 0.3) is 5.91 Å². The maximum atomic E-state index is 14.2. The smallest absolute Gasteiger partial charge is 0.379 e. The highest BCUT2D eigenvalue weighted by molar-refractivity contribution is 7.80. The number of hydrogen-bond acceptors (Lipinski definition) is 10. The van der Waals surface area contributed by atoms with E-state index in [0.717, 1.165) is 28.0 Å². The number of halogens is 6. The second-order valence-electron chi connectivity index (χ2n) is 15.5. The van der Waals surface area contributed by atoms with Crippen molar-refractivity contribution in [1.82, 2.24) is 25.0 Å². The van der Waals surface area contributed by atoms with E-state index >= 15 is 0 Å². The molecule has 310 valence electrons. The van der Waals surface area contributed by atoms with Crippen LogP contribution < -0.4 is 15.5 Å². The number of carbonyl (C=O) groups is 2. The molecule has 2 unspecified atom stereocenters. The fourth-order valence-corrected chi connectivity index (χ4v) is 8.85. The lowest BCUT2D eigenvalue weighted by atomic mass is 9.89. The Morgan fingerprint density at radius 3 is 2.40 bits per heavy atom. The van der Waals surface area contributed by atoms with Gasteiger partial charge in [0, 0.05) is 44.5 Å². The van der Waals surface area contributed by atoms with Gasteiger partial charge in [-0.2, -0.15) is 31.6 Å². The second-order valence-corrected chi connectivity index (χ2v) is 15.9. The van der Waals surface area contributed by atoms with Crippen LogP contribution in [0.5, 0.6) is 0 Å². The number of nitrogens with zero attached hydrogens (tertiary/aromatic N) is 6. The molecule has 1 aliphatic carbocycles. The number of aliphatic hydroxyl groups excluding tert-OH is 1. The summed E-state index contributed by atoms with van der Waals surface area (Å²) in [6.07, 6.45) is -5.38. The summed E-state index contributed by atoms with van der Waals surface area (Å²) in [6, 6.07) is 7.30. The third-order valence-electron chi connectivity index (χ3n) is 11.4. The highest BCUT2D eigenvalue weighted by atomic mass is 32.1. The highest BCUT2D eigenvalue weighted by Crippen LogP contribution is 2.40. The van der Waals surface area contributed by atoms with E-state index in [9.17, 15) is 41.0 Å². The molecule has 3 saturated heterocycles. The van der Waals surface area contributed by atoms with Gasteiger partial charge < -0.3 is 20.1 Å². The molecule has 4 fully saturated rings. The number of rotatable bonds is 10. The van der Waals surface area contributed by atoms with Crippen molar-refractivity contribution < 1.29 is 45.8 Å². The Bertz CT molecular complexity index is 1830. The van der Waals surface area contributed by atoms with Crippen LogP contribution in [0.3, 0.4) is 0 Å². The minimum atomic E-state index is -4.87. The number of amides is 2. The Morgan fingerprint density at radius 1 is 1.09 bits per heavy atom. The number of hydrogen-bond donors (Lipinski definition) is 3. The fraction of sp³-hybridized carbons (Fsp3) is 0.605. The van der Waals surface area contributed by atoms with Crippen LogP contribution in [0.25, 0.3) is 0 Å². The summed E-state index contributed by atoms with van der Waals surface area (Å²) in [4.78, 5) is 35.7. The summed E-state index contributed by atoms with van der Waals surface area (Å²) in [6.45, 7) is 4.02. The number of aromatic nitrogens is 1. The zero-order chi connectivity index (χ0) is 41.3. The van der Waals surface area contributed by atoms with Crippen LogP contribution in [0, 0.1) is 11.3 Å². The summed E-state index contributed by atoms with van der Waals surface area (Å²) in [5.41, 5.74) is -1.89. The maximum Gasteiger partial charge on any atom is 0.419 e. The number of benzene rings is 1. The lowest BCUT2D eigenvalue weighted by molar-refractivity contribution is -0.197. The van der Waals surface area contributed by atoms with E-state index < -0.39 is 59.8 Å². The van der Waals surface area contributed by atoms with Gasteiger partial charge in [0.1, 0.15) is 23.9 Å². The molecule has 2 aromatic rings. The minimum Gasteiger partial charge on any atom is -0.379 e. The third kappa shape index (κ3) is 9.69. The first-order valence-corrected chi connectivity index (χ1v) is 19.4. The summed E-state index contributed by atoms with van der Waals surface area (Å²) >= 11 is 5.65. The van der Waals surface area contributed by atoms with E-state index in [2.05, 4.69) is 15.6 Å². The van der Waals surface area contributed by atoms with Crippen molar-refractivity contribution in [2.24, 2.45) is 0 Å². The highest BCUT2D eigenvalue weighted by Gasteiger charge is 2.53. The molecular weight excluding hydrogens is 779 g/mol. The quantitative estimate of drug-likeness (QED) is 0.221. The standard InChI is InChI=1S/C38H46F6N8O4S/c1-36(2)34(55)51(27-17-29(37(39,40)41)30(18-45)46-20-27)35(57)52(36)26-8-10-28(11-9-26)56-16-15-49-13-14-50(31(21-49)38(42,43)44)22-33(54)48-25-6-3-23(4-7-25)24-5-12-32(53)47-19-24/h3-4,6-7,17,20,24,26,28,31-32,47,53H,5,8-16,19,21-22H2,1-2H3,(H,48,54)/t24?,26-,28-,31-,32?/m1/s1. The zero-order valence-electron chi connectivity index (χ0n) is 31.6.